The molecule has 1 aliphatic rings. The Morgan fingerprint density at radius 2 is 1.87 bits per heavy atom. The highest BCUT2D eigenvalue weighted by molar-refractivity contribution is 5.84. The second kappa shape index (κ2) is 7.10. The molecule has 1 unspecified atom stereocenters. The zero-order chi connectivity index (χ0) is 20.8. The summed E-state index contributed by atoms with van der Waals surface area (Å²) in [5.41, 5.74) is 3.35. The molecule has 5 heteroatoms. The fourth-order valence-corrected chi connectivity index (χ4v) is 4.17. The molecule has 0 amide bonds. The second-order valence-corrected chi connectivity index (χ2v) is 7.83. The maximum Gasteiger partial charge on any atom is 0.343 e. The molecule has 1 atom stereocenters. The Morgan fingerprint density at radius 1 is 1.03 bits per heavy atom. The van der Waals surface area contributed by atoms with E-state index in [1.807, 2.05) is 18.2 Å². The molecule has 30 heavy (non-hydrogen) atoms. The summed E-state index contributed by atoms with van der Waals surface area (Å²) < 4.78 is 17.6. The van der Waals surface area contributed by atoms with Gasteiger partial charge in [-0.05, 0) is 68.5 Å². The summed E-state index contributed by atoms with van der Waals surface area (Å²) in [7, 11) is 0. The first-order valence-corrected chi connectivity index (χ1v) is 10.1. The SMILES string of the molecule is Cc1c(-c2cc3cc(OC4CCCc5ccccc54)ccc3o2)oc(=O)c(C)c1O. The lowest BCUT2D eigenvalue weighted by Crippen LogP contribution is -2.15. The Balaban J connectivity index is 1.50. The highest BCUT2D eigenvalue weighted by Gasteiger charge is 2.22. The number of hydrogen-bond acceptors (Lipinski definition) is 5. The van der Waals surface area contributed by atoms with Gasteiger partial charge >= 0.3 is 5.63 Å². The fraction of sp³-hybridized carbons (Fsp3) is 0.240. The molecule has 2 heterocycles. The van der Waals surface area contributed by atoms with E-state index in [1.54, 1.807) is 13.0 Å². The van der Waals surface area contributed by atoms with E-state index in [9.17, 15) is 9.90 Å². The number of hydrogen-bond donors (Lipinski definition) is 1. The van der Waals surface area contributed by atoms with Gasteiger partial charge in [0.05, 0.1) is 5.56 Å². The van der Waals surface area contributed by atoms with Crippen molar-refractivity contribution in [3.05, 3.63) is 81.2 Å². The molecular weight excluding hydrogens is 380 g/mol. The first kappa shape index (κ1) is 18.6. The van der Waals surface area contributed by atoms with Gasteiger partial charge in [-0.1, -0.05) is 24.3 Å². The predicted molar refractivity (Wildman–Crippen MR) is 114 cm³/mol. The lowest BCUT2D eigenvalue weighted by atomic mass is 9.89. The summed E-state index contributed by atoms with van der Waals surface area (Å²) in [4.78, 5) is 12.0. The van der Waals surface area contributed by atoms with Crippen LogP contribution in [0, 0.1) is 13.8 Å². The third kappa shape index (κ3) is 3.07. The van der Waals surface area contributed by atoms with Crippen LogP contribution in [-0.4, -0.2) is 5.11 Å². The average Bonchev–Trinajstić information content (AvgIpc) is 3.18. The predicted octanol–water partition coefficient (Wildman–Crippen LogP) is 5.83. The molecule has 1 aliphatic carbocycles. The van der Waals surface area contributed by atoms with E-state index >= 15 is 0 Å². The lowest BCUT2D eigenvalue weighted by Gasteiger charge is -2.26. The first-order valence-electron chi connectivity index (χ1n) is 10.1. The zero-order valence-corrected chi connectivity index (χ0v) is 16.9. The molecule has 0 fully saturated rings. The molecular formula is C25H22O5. The molecule has 0 spiro atoms. The minimum absolute atomic E-state index is 0.0353. The summed E-state index contributed by atoms with van der Waals surface area (Å²) in [6.07, 6.45) is 3.22. The Bertz CT molecular complexity index is 1310. The topological polar surface area (TPSA) is 72.8 Å². The van der Waals surface area contributed by atoms with E-state index in [0.717, 1.165) is 30.4 Å². The normalized spacial score (nSPS) is 15.9. The standard InChI is InChI=1S/C25H22O5/c1-14-23(26)15(2)25(27)30-24(14)22-13-17-12-18(10-11-20(17)29-22)28-21-9-5-7-16-6-3-4-8-19(16)21/h3-4,6,8,10-13,21,26H,5,7,9H2,1-2H3. The van der Waals surface area contributed by atoms with Gasteiger partial charge in [0, 0.05) is 10.9 Å². The third-order valence-electron chi connectivity index (χ3n) is 5.86. The molecule has 5 nitrogen and oxygen atoms in total. The number of aryl methyl sites for hydroxylation is 1. The van der Waals surface area contributed by atoms with Crippen molar-refractivity contribution in [3.8, 4) is 23.0 Å². The van der Waals surface area contributed by atoms with Gasteiger partial charge in [0.25, 0.3) is 0 Å². The van der Waals surface area contributed by atoms with Crippen LogP contribution in [-0.2, 0) is 6.42 Å². The van der Waals surface area contributed by atoms with E-state index in [2.05, 4.69) is 24.3 Å². The highest BCUT2D eigenvalue weighted by atomic mass is 16.5. The van der Waals surface area contributed by atoms with Crippen LogP contribution in [0.5, 0.6) is 11.5 Å². The van der Waals surface area contributed by atoms with Gasteiger partial charge in [-0.25, -0.2) is 4.79 Å². The van der Waals surface area contributed by atoms with Crippen LogP contribution in [0.25, 0.3) is 22.5 Å². The van der Waals surface area contributed by atoms with Gasteiger partial charge in [0.2, 0.25) is 0 Å². The highest BCUT2D eigenvalue weighted by Crippen LogP contribution is 2.37. The Hall–Kier alpha value is -3.47. The summed E-state index contributed by atoms with van der Waals surface area (Å²) in [5.74, 6) is 1.33. The smallest absolute Gasteiger partial charge is 0.343 e. The van der Waals surface area contributed by atoms with Crippen LogP contribution in [0.4, 0.5) is 0 Å². The van der Waals surface area contributed by atoms with Crippen molar-refractivity contribution >= 4 is 11.0 Å². The lowest BCUT2D eigenvalue weighted by molar-refractivity contribution is 0.183. The maximum atomic E-state index is 12.0. The molecule has 152 valence electrons. The van der Waals surface area contributed by atoms with Crippen molar-refractivity contribution in [3.63, 3.8) is 0 Å². The number of benzene rings is 2. The van der Waals surface area contributed by atoms with E-state index in [-0.39, 0.29) is 23.2 Å². The fourth-order valence-electron chi connectivity index (χ4n) is 4.17. The van der Waals surface area contributed by atoms with E-state index in [0.29, 0.717) is 16.9 Å². The third-order valence-corrected chi connectivity index (χ3v) is 5.86. The van der Waals surface area contributed by atoms with Crippen LogP contribution in [0.2, 0.25) is 0 Å². The van der Waals surface area contributed by atoms with Crippen LogP contribution in [0.3, 0.4) is 0 Å². The van der Waals surface area contributed by atoms with Crippen LogP contribution in [0.15, 0.2) is 62.2 Å². The van der Waals surface area contributed by atoms with Crippen molar-refractivity contribution in [2.45, 2.75) is 39.2 Å². The summed E-state index contributed by atoms with van der Waals surface area (Å²) in [6, 6.07) is 15.9. The zero-order valence-electron chi connectivity index (χ0n) is 16.9. The largest absolute Gasteiger partial charge is 0.507 e. The van der Waals surface area contributed by atoms with Gasteiger partial charge in [-0.2, -0.15) is 0 Å². The molecule has 0 saturated carbocycles. The van der Waals surface area contributed by atoms with Crippen molar-refractivity contribution in [2.24, 2.45) is 0 Å². The quantitative estimate of drug-likeness (QED) is 0.467. The number of ether oxygens (including phenoxy) is 1. The molecule has 0 saturated heterocycles. The van der Waals surface area contributed by atoms with Gasteiger partial charge in [-0.3, -0.25) is 0 Å². The van der Waals surface area contributed by atoms with Crippen LogP contribution >= 0.6 is 0 Å². The van der Waals surface area contributed by atoms with E-state index < -0.39 is 5.63 Å². The molecule has 2 aromatic heterocycles. The Labute approximate surface area is 173 Å². The Kier molecular flexibility index (Phi) is 4.39. The number of furan rings is 1. The van der Waals surface area contributed by atoms with Gasteiger partial charge in [-0.15, -0.1) is 0 Å². The second-order valence-electron chi connectivity index (χ2n) is 7.83. The summed E-state index contributed by atoms with van der Waals surface area (Å²) >= 11 is 0. The average molecular weight is 402 g/mol. The maximum absolute atomic E-state index is 12.0. The minimum Gasteiger partial charge on any atom is -0.507 e. The van der Waals surface area contributed by atoms with Crippen molar-refractivity contribution in [1.29, 1.82) is 0 Å². The monoisotopic (exact) mass is 402 g/mol. The van der Waals surface area contributed by atoms with E-state index in [4.69, 9.17) is 13.6 Å². The molecule has 5 rings (SSSR count). The summed E-state index contributed by atoms with van der Waals surface area (Å²) in [5, 5.41) is 11.0. The molecule has 1 N–H and O–H groups in total. The van der Waals surface area contributed by atoms with Crippen molar-refractivity contribution in [1.82, 2.24) is 0 Å². The molecule has 2 aromatic carbocycles. The number of rotatable bonds is 3. The van der Waals surface area contributed by atoms with Crippen LogP contribution < -0.4 is 10.4 Å². The molecule has 4 aromatic rings. The molecule has 0 bridgehead atoms. The molecule has 0 aliphatic heterocycles. The van der Waals surface area contributed by atoms with Crippen LogP contribution in [0.1, 0.15) is 41.2 Å². The number of fused-ring (bicyclic) bond motifs is 2. The summed E-state index contributed by atoms with van der Waals surface area (Å²) in [6.45, 7) is 3.23. The van der Waals surface area contributed by atoms with Gasteiger partial charge in [0.15, 0.2) is 11.5 Å². The molecule has 0 radical (unpaired) electrons. The van der Waals surface area contributed by atoms with Crippen molar-refractivity contribution in [2.75, 3.05) is 0 Å². The van der Waals surface area contributed by atoms with Gasteiger partial charge < -0.3 is 18.7 Å². The Morgan fingerprint density at radius 3 is 2.73 bits per heavy atom. The van der Waals surface area contributed by atoms with E-state index in [1.165, 1.54) is 18.1 Å². The minimum atomic E-state index is -0.575. The first-order chi connectivity index (χ1) is 14.5. The van der Waals surface area contributed by atoms with Gasteiger partial charge in [0.1, 0.15) is 23.2 Å². The number of aromatic hydroxyl groups is 1. The van der Waals surface area contributed by atoms with Crippen molar-refractivity contribution < 1.29 is 18.7 Å².